The van der Waals surface area contributed by atoms with Crippen molar-refractivity contribution in [3.8, 4) is 23.0 Å². The molecule has 7 nitrogen and oxygen atoms in total. The molecule has 2 aliphatic heterocycles. The van der Waals surface area contributed by atoms with Crippen molar-refractivity contribution >= 4 is 17.9 Å². The van der Waals surface area contributed by atoms with Gasteiger partial charge in [0.15, 0.2) is 17.3 Å². The van der Waals surface area contributed by atoms with Crippen LogP contribution in [0.2, 0.25) is 0 Å². The van der Waals surface area contributed by atoms with E-state index in [4.69, 9.17) is 18.9 Å². The molecule has 2 aliphatic rings. The summed E-state index contributed by atoms with van der Waals surface area (Å²) in [6.45, 7) is 8.50. The summed E-state index contributed by atoms with van der Waals surface area (Å²) < 4.78 is 22.6. The van der Waals surface area contributed by atoms with Gasteiger partial charge in [0.2, 0.25) is 0 Å². The minimum atomic E-state index is -0.457. The predicted molar refractivity (Wildman–Crippen MR) is 131 cm³/mol. The monoisotopic (exact) mass is 465 g/mol. The van der Waals surface area contributed by atoms with Crippen LogP contribution in [0, 0.1) is 0 Å². The van der Waals surface area contributed by atoms with Gasteiger partial charge in [0, 0.05) is 19.6 Å². The number of fused-ring (bicyclic) bond motifs is 1. The number of hydrogen-bond donors (Lipinski definition) is 1. The maximum Gasteiger partial charge on any atom is 0.189 e. The number of methoxy groups -OCH3 is 1. The van der Waals surface area contributed by atoms with Crippen LogP contribution in [0.5, 0.6) is 23.0 Å². The largest absolute Gasteiger partial charge is 0.506 e. The van der Waals surface area contributed by atoms with Gasteiger partial charge in [-0.05, 0) is 61.9 Å². The van der Waals surface area contributed by atoms with E-state index in [-0.39, 0.29) is 17.1 Å². The molecule has 0 radical (unpaired) electrons. The van der Waals surface area contributed by atoms with Crippen molar-refractivity contribution in [3.63, 3.8) is 0 Å². The zero-order valence-corrected chi connectivity index (χ0v) is 19.9. The van der Waals surface area contributed by atoms with Crippen LogP contribution in [0.15, 0.2) is 42.5 Å². The second-order valence-electron chi connectivity index (χ2n) is 8.82. The number of phenols is 1. The highest BCUT2D eigenvalue weighted by Gasteiger charge is 2.25. The van der Waals surface area contributed by atoms with Gasteiger partial charge in [-0.1, -0.05) is 12.1 Å². The third-order valence-electron chi connectivity index (χ3n) is 5.85. The predicted octanol–water partition coefficient (Wildman–Crippen LogP) is 4.19. The first-order chi connectivity index (χ1) is 16.4. The fraction of sp³-hybridized carbons (Fsp3) is 0.370. The number of benzene rings is 2. The molecular weight excluding hydrogens is 434 g/mol. The molecule has 4 rings (SSSR count). The SMILES string of the molecule is COc1ccc(/C=C/C(=O)c2ccc3c(c2O)C=CC(C)(C)O3)cc1OCCN1CCOCC1. The summed E-state index contributed by atoms with van der Waals surface area (Å²) in [5.41, 5.74) is 1.07. The minimum absolute atomic E-state index is 0.0826. The summed E-state index contributed by atoms with van der Waals surface area (Å²) in [4.78, 5) is 15.1. The summed E-state index contributed by atoms with van der Waals surface area (Å²) in [5.74, 6) is 1.42. The molecule has 2 aromatic rings. The molecule has 0 unspecified atom stereocenters. The van der Waals surface area contributed by atoms with Crippen LogP contribution < -0.4 is 14.2 Å². The standard InChI is InChI=1S/C27H31NO6/c1-27(2)11-10-21-23(34-27)9-6-20(26(21)30)22(29)7-4-19-5-8-24(31-3)25(18-19)33-17-14-28-12-15-32-16-13-28/h4-11,18,30H,12-17H2,1-3H3/b7-4+. The molecule has 0 aromatic heterocycles. The van der Waals surface area contributed by atoms with Gasteiger partial charge in [0.05, 0.1) is 31.5 Å². The van der Waals surface area contributed by atoms with Crippen LogP contribution in [0.3, 0.4) is 0 Å². The van der Waals surface area contributed by atoms with E-state index in [0.29, 0.717) is 29.4 Å². The maximum atomic E-state index is 12.8. The lowest BCUT2D eigenvalue weighted by molar-refractivity contribution is 0.0321. The van der Waals surface area contributed by atoms with Crippen molar-refractivity contribution in [2.75, 3.05) is 46.6 Å². The Bertz CT molecular complexity index is 1100. The summed E-state index contributed by atoms with van der Waals surface area (Å²) in [7, 11) is 1.60. The van der Waals surface area contributed by atoms with Gasteiger partial charge in [0.1, 0.15) is 23.7 Å². The molecular formula is C27H31NO6. The van der Waals surface area contributed by atoms with Gasteiger partial charge in [-0.2, -0.15) is 0 Å². The van der Waals surface area contributed by atoms with E-state index in [9.17, 15) is 9.90 Å². The Morgan fingerprint density at radius 2 is 1.97 bits per heavy atom. The van der Waals surface area contributed by atoms with Crippen molar-refractivity contribution in [2.45, 2.75) is 19.4 Å². The summed E-state index contributed by atoms with van der Waals surface area (Å²) in [6.07, 6.45) is 6.79. The first kappa shape index (κ1) is 23.9. The molecule has 2 aromatic carbocycles. The first-order valence-electron chi connectivity index (χ1n) is 11.4. The van der Waals surface area contributed by atoms with Gasteiger partial charge < -0.3 is 24.1 Å². The number of nitrogens with zero attached hydrogens (tertiary/aromatic N) is 1. The number of morpholine rings is 1. The molecule has 1 fully saturated rings. The second kappa shape index (κ2) is 10.3. The molecule has 0 bridgehead atoms. The molecule has 2 heterocycles. The topological polar surface area (TPSA) is 77.5 Å². The Kier molecular flexibility index (Phi) is 7.24. The number of phenolic OH excluding ortho intramolecular Hbond substituents is 1. The number of allylic oxidation sites excluding steroid dienone is 1. The Morgan fingerprint density at radius 1 is 1.18 bits per heavy atom. The number of aromatic hydroxyl groups is 1. The van der Waals surface area contributed by atoms with Crippen molar-refractivity contribution in [1.29, 1.82) is 0 Å². The molecule has 0 amide bonds. The second-order valence-corrected chi connectivity index (χ2v) is 8.82. The van der Waals surface area contributed by atoms with E-state index in [1.807, 2.05) is 38.1 Å². The van der Waals surface area contributed by atoms with E-state index >= 15 is 0 Å². The van der Waals surface area contributed by atoms with Crippen LogP contribution in [-0.2, 0) is 4.74 Å². The Morgan fingerprint density at radius 3 is 2.74 bits per heavy atom. The number of rotatable bonds is 8. The average molecular weight is 466 g/mol. The van der Waals surface area contributed by atoms with E-state index in [2.05, 4.69) is 4.90 Å². The maximum absolute atomic E-state index is 12.8. The lowest BCUT2D eigenvalue weighted by atomic mass is 9.98. The molecule has 1 saturated heterocycles. The summed E-state index contributed by atoms with van der Waals surface area (Å²) in [6, 6.07) is 8.81. The highest BCUT2D eigenvalue weighted by molar-refractivity contribution is 6.09. The van der Waals surface area contributed by atoms with Crippen molar-refractivity contribution in [3.05, 3.63) is 59.2 Å². The number of hydrogen-bond acceptors (Lipinski definition) is 7. The fourth-order valence-corrected chi connectivity index (χ4v) is 3.92. The van der Waals surface area contributed by atoms with Crippen LogP contribution in [0.1, 0.15) is 35.3 Å². The molecule has 0 aliphatic carbocycles. The number of carbonyl (C=O) groups excluding carboxylic acids is 1. The third-order valence-corrected chi connectivity index (χ3v) is 5.85. The Hall–Kier alpha value is -3.29. The quantitative estimate of drug-likeness (QED) is 0.463. The van der Waals surface area contributed by atoms with Gasteiger partial charge >= 0.3 is 0 Å². The molecule has 180 valence electrons. The first-order valence-corrected chi connectivity index (χ1v) is 11.4. The zero-order valence-electron chi connectivity index (χ0n) is 19.9. The van der Waals surface area contributed by atoms with Crippen LogP contribution >= 0.6 is 0 Å². The van der Waals surface area contributed by atoms with E-state index in [1.54, 1.807) is 31.4 Å². The highest BCUT2D eigenvalue weighted by Crippen LogP contribution is 2.38. The zero-order chi connectivity index (χ0) is 24.1. The van der Waals surface area contributed by atoms with Crippen LogP contribution in [0.4, 0.5) is 0 Å². The molecule has 0 spiro atoms. The molecule has 0 saturated carbocycles. The van der Waals surface area contributed by atoms with Gasteiger partial charge in [-0.25, -0.2) is 0 Å². The van der Waals surface area contributed by atoms with Gasteiger partial charge in [-0.15, -0.1) is 0 Å². The smallest absolute Gasteiger partial charge is 0.189 e. The minimum Gasteiger partial charge on any atom is -0.506 e. The number of carbonyl (C=O) groups is 1. The number of ether oxygens (including phenoxy) is 4. The molecule has 34 heavy (non-hydrogen) atoms. The van der Waals surface area contributed by atoms with Crippen LogP contribution in [-0.4, -0.2) is 68.0 Å². The van der Waals surface area contributed by atoms with E-state index < -0.39 is 5.60 Å². The molecule has 1 N–H and O–H groups in total. The normalized spacial score (nSPS) is 17.3. The molecule has 7 heteroatoms. The lowest BCUT2D eigenvalue weighted by Crippen LogP contribution is -2.38. The Labute approximate surface area is 200 Å². The lowest BCUT2D eigenvalue weighted by Gasteiger charge is -2.28. The van der Waals surface area contributed by atoms with Crippen molar-refractivity contribution < 1.29 is 28.8 Å². The average Bonchev–Trinajstić information content (AvgIpc) is 2.83. The Balaban J connectivity index is 1.45. The van der Waals surface area contributed by atoms with E-state index in [0.717, 1.165) is 38.4 Å². The van der Waals surface area contributed by atoms with E-state index in [1.165, 1.54) is 6.08 Å². The van der Waals surface area contributed by atoms with Crippen molar-refractivity contribution in [1.82, 2.24) is 4.90 Å². The van der Waals surface area contributed by atoms with Gasteiger partial charge in [0.25, 0.3) is 0 Å². The van der Waals surface area contributed by atoms with Gasteiger partial charge in [-0.3, -0.25) is 9.69 Å². The number of ketones is 1. The highest BCUT2D eigenvalue weighted by atomic mass is 16.5. The molecule has 0 atom stereocenters. The van der Waals surface area contributed by atoms with Crippen molar-refractivity contribution in [2.24, 2.45) is 0 Å². The van der Waals surface area contributed by atoms with Crippen LogP contribution in [0.25, 0.3) is 12.2 Å². The fourth-order valence-electron chi connectivity index (χ4n) is 3.92. The third kappa shape index (κ3) is 5.61. The summed E-state index contributed by atoms with van der Waals surface area (Å²) >= 11 is 0. The summed E-state index contributed by atoms with van der Waals surface area (Å²) in [5, 5.41) is 10.7.